The Morgan fingerprint density at radius 2 is 1.68 bits per heavy atom. The van der Waals surface area contributed by atoms with Crippen molar-refractivity contribution in [2.45, 2.75) is 13.0 Å². The predicted molar refractivity (Wildman–Crippen MR) is 119 cm³/mol. The van der Waals surface area contributed by atoms with E-state index in [2.05, 4.69) is 33.2 Å². The zero-order valence-electron chi connectivity index (χ0n) is 16.7. The van der Waals surface area contributed by atoms with Gasteiger partial charge in [0.15, 0.2) is 0 Å². The van der Waals surface area contributed by atoms with E-state index in [1.807, 2.05) is 48.5 Å². The van der Waals surface area contributed by atoms with E-state index in [0.717, 1.165) is 32.8 Å². The zero-order valence-corrected chi connectivity index (χ0v) is 18.3. The maximum absolute atomic E-state index is 13.0. The van der Waals surface area contributed by atoms with Crippen LogP contribution < -0.4 is 4.74 Å². The van der Waals surface area contributed by atoms with E-state index < -0.39 is 0 Å². The van der Waals surface area contributed by atoms with Gasteiger partial charge in [-0.15, -0.1) is 0 Å². The highest BCUT2D eigenvalue weighted by Gasteiger charge is 2.67. The molecule has 5 aliphatic rings. The van der Waals surface area contributed by atoms with Crippen LogP contribution in [0.2, 0.25) is 0 Å². The first-order valence-corrected chi connectivity index (χ1v) is 11.5. The first-order valence-electron chi connectivity index (χ1n) is 10.7. The van der Waals surface area contributed by atoms with E-state index in [1.165, 1.54) is 0 Å². The molecule has 0 unspecified atom stereocenters. The van der Waals surface area contributed by atoms with Gasteiger partial charge in [0.25, 0.3) is 11.8 Å². The predicted octanol–water partition coefficient (Wildman–Crippen LogP) is 4.42. The molecule has 1 aliphatic heterocycles. The van der Waals surface area contributed by atoms with Crippen LogP contribution in [0.25, 0.3) is 0 Å². The number of amides is 2. The molecular weight excluding hydrogens is 456 g/mol. The molecule has 2 aromatic rings. The smallest absolute Gasteiger partial charge is 0.254 e. The number of nitrogens with zero attached hydrogens (tertiary/aromatic N) is 2. The summed E-state index contributed by atoms with van der Waals surface area (Å²) in [5, 5.41) is 5.41. The van der Waals surface area contributed by atoms with Crippen molar-refractivity contribution < 1.29 is 14.3 Å². The number of benzene rings is 2. The van der Waals surface area contributed by atoms with Gasteiger partial charge in [-0.25, -0.2) is 0 Å². The van der Waals surface area contributed by atoms with Gasteiger partial charge in [-0.2, -0.15) is 10.1 Å². The normalized spacial score (nSPS) is 32.5. The Morgan fingerprint density at radius 3 is 2.32 bits per heavy atom. The molecule has 1 heterocycles. The minimum atomic E-state index is -0.219. The zero-order chi connectivity index (χ0) is 21.1. The average molecular weight is 477 g/mol. The Bertz CT molecular complexity index is 1090. The summed E-state index contributed by atoms with van der Waals surface area (Å²) in [6.07, 6.45) is 7.08. The first-order chi connectivity index (χ1) is 15.1. The number of imide groups is 1. The van der Waals surface area contributed by atoms with Gasteiger partial charge >= 0.3 is 0 Å². The number of hydrazone groups is 1. The number of rotatable bonds is 5. The standard InChI is InChI=1S/C25H21BrN2O3/c26-20-10-15(6-9-21(20)31-13-14-4-2-1-3-5-14)12-27-28-24(29)22-16-7-8-17(19-11-18(16)19)23(22)25(28)30/h1-10,12,16-19,22-23H,11,13H2/b27-12-/t16-,17-,18-,19-,22-,23+/m1/s1. The fourth-order valence-corrected chi connectivity index (χ4v) is 6.14. The topological polar surface area (TPSA) is 59.0 Å². The van der Waals surface area contributed by atoms with Crippen LogP contribution >= 0.6 is 15.9 Å². The quantitative estimate of drug-likeness (QED) is 0.364. The summed E-state index contributed by atoms with van der Waals surface area (Å²) in [5.74, 6) is 1.62. The molecule has 4 aliphatic carbocycles. The lowest BCUT2D eigenvalue weighted by molar-refractivity contribution is -0.140. The highest BCUT2D eigenvalue weighted by molar-refractivity contribution is 9.10. The summed E-state index contributed by atoms with van der Waals surface area (Å²) in [6.45, 7) is 0.477. The van der Waals surface area contributed by atoms with Crippen molar-refractivity contribution >= 4 is 34.0 Å². The maximum Gasteiger partial charge on any atom is 0.254 e. The number of ether oxygens (including phenoxy) is 1. The molecule has 6 atom stereocenters. The monoisotopic (exact) mass is 476 g/mol. The highest BCUT2D eigenvalue weighted by Crippen LogP contribution is 2.65. The van der Waals surface area contributed by atoms with E-state index in [4.69, 9.17) is 4.74 Å². The third kappa shape index (κ3) is 3.07. The lowest BCUT2D eigenvalue weighted by atomic mass is 9.63. The van der Waals surface area contributed by atoms with E-state index >= 15 is 0 Å². The Labute approximate surface area is 188 Å². The van der Waals surface area contributed by atoms with Crippen LogP contribution in [0.4, 0.5) is 0 Å². The molecule has 2 amide bonds. The lowest BCUT2D eigenvalue weighted by Crippen LogP contribution is -2.40. The van der Waals surface area contributed by atoms with Gasteiger partial charge in [-0.3, -0.25) is 9.59 Å². The highest BCUT2D eigenvalue weighted by atomic mass is 79.9. The summed E-state index contributed by atoms with van der Waals surface area (Å²) < 4.78 is 6.68. The van der Waals surface area contributed by atoms with Crippen LogP contribution in [-0.4, -0.2) is 23.0 Å². The molecule has 0 N–H and O–H groups in total. The first kappa shape index (κ1) is 19.0. The number of halogens is 1. The van der Waals surface area contributed by atoms with Crippen LogP contribution in [0.1, 0.15) is 17.5 Å². The average Bonchev–Trinajstić information content (AvgIpc) is 3.57. The van der Waals surface area contributed by atoms with Crippen molar-refractivity contribution in [3.05, 3.63) is 76.3 Å². The third-order valence-electron chi connectivity index (χ3n) is 7.15. The number of carbonyl (C=O) groups excluding carboxylic acids is 2. The second kappa shape index (κ2) is 7.16. The number of hydrogen-bond acceptors (Lipinski definition) is 4. The molecule has 31 heavy (non-hydrogen) atoms. The van der Waals surface area contributed by atoms with Crippen molar-refractivity contribution in [2.24, 2.45) is 40.6 Å². The Hall–Kier alpha value is -2.73. The van der Waals surface area contributed by atoms with Crippen LogP contribution in [0.5, 0.6) is 5.75 Å². The molecule has 0 radical (unpaired) electrons. The summed E-state index contributed by atoms with van der Waals surface area (Å²) in [4.78, 5) is 26.0. The molecule has 3 fully saturated rings. The molecule has 156 valence electrons. The van der Waals surface area contributed by atoms with Gasteiger partial charge < -0.3 is 4.74 Å². The molecule has 0 aromatic heterocycles. The van der Waals surface area contributed by atoms with Crippen molar-refractivity contribution in [1.82, 2.24) is 5.01 Å². The molecule has 2 saturated carbocycles. The van der Waals surface area contributed by atoms with E-state index in [-0.39, 0.29) is 35.5 Å². The van der Waals surface area contributed by atoms with E-state index in [0.29, 0.717) is 18.4 Å². The van der Waals surface area contributed by atoms with E-state index in [9.17, 15) is 9.59 Å². The molecule has 0 spiro atoms. The SMILES string of the molecule is O=C1[C@@H]2[C@@H]3C=C[C@H]([C@H]4C[C@H]34)[C@@H]2C(=O)N1/N=C\c1ccc(OCc2ccccc2)c(Br)c1. The molecule has 5 nitrogen and oxygen atoms in total. The van der Waals surface area contributed by atoms with Crippen molar-refractivity contribution in [3.8, 4) is 5.75 Å². The van der Waals surface area contributed by atoms with Crippen LogP contribution in [-0.2, 0) is 16.2 Å². The fourth-order valence-electron chi connectivity index (χ4n) is 5.63. The summed E-state index contributed by atoms with van der Waals surface area (Å²) >= 11 is 3.54. The number of carbonyl (C=O) groups is 2. The van der Waals surface area contributed by atoms with Crippen molar-refractivity contribution in [3.63, 3.8) is 0 Å². The van der Waals surface area contributed by atoms with Crippen molar-refractivity contribution in [2.75, 3.05) is 0 Å². The van der Waals surface area contributed by atoms with Crippen LogP contribution in [0.15, 0.2) is 70.3 Å². The molecule has 6 heteroatoms. The second-order valence-electron chi connectivity index (χ2n) is 8.85. The van der Waals surface area contributed by atoms with Gasteiger partial charge in [0.05, 0.1) is 22.5 Å². The summed E-state index contributed by atoms with van der Waals surface area (Å²) in [5.41, 5.74) is 1.88. The Balaban J connectivity index is 1.16. The van der Waals surface area contributed by atoms with Gasteiger partial charge in [-0.05, 0) is 75.3 Å². The van der Waals surface area contributed by atoms with Gasteiger partial charge in [-0.1, -0.05) is 42.5 Å². The summed E-state index contributed by atoms with van der Waals surface area (Å²) in [6, 6.07) is 15.6. The molecule has 2 aromatic carbocycles. The molecular formula is C25H21BrN2O3. The molecule has 2 bridgehead atoms. The van der Waals surface area contributed by atoms with E-state index in [1.54, 1.807) is 6.21 Å². The number of hydrogen-bond donors (Lipinski definition) is 0. The van der Waals surface area contributed by atoms with Crippen molar-refractivity contribution in [1.29, 1.82) is 0 Å². The van der Waals surface area contributed by atoms with Gasteiger partial charge in [0, 0.05) is 0 Å². The minimum Gasteiger partial charge on any atom is -0.488 e. The van der Waals surface area contributed by atoms with Crippen LogP contribution in [0.3, 0.4) is 0 Å². The molecule has 1 saturated heterocycles. The minimum absolute atomic E-state index is 0.141. The Kier molecular flexibility index (Phi) is 4.39. The third-order valence-corrected chi connectivity index (χ3v) is 7.77. The lowest BCUT2D eigenvalue weighted by Gasteiger charge is -2.37. The Morgan fingerprint density at radius 1 is 1.00 bits per heavy atom. The second-order valence-corrected chi connectivity index (χ2v) is 9.71. The van der Waals surface area contributed by atoms with Crippen LogP contribution in [0, 0.1) is 35.5 Å². The maximum atomic E-state index is 13.0. The fraction of sp³-hybridized carbons (Fsp3) is 0.320. The van der Waals surface area contributed by atoms with Gasteiger partial charge in [0.1, 0.15) is 12.4 Å². The van der Waals surface area contributed by atoms with Gasteiger partial charge in [0.2, 0.25) is 0 Å². The molecule has 7 rings (SSSR count). The largest absolute Gasteiger partial charge is 0.488 e. The number of allylic oxidation sites excluding steroid dienone is 2. The summed E-state index contributed by atoms with van der Waals surface area (Å²) in [7, 11) is 0.